The lowest BCUT2D eigenvalue weighted by molar-refractivity contribution is -0.117. The van der Waals surface area contributed by atoms with Gasteiger partial charge in [-0.3, -0.25) is 14.5 Å². The van der Waals surface area contributed by atoms with E-state index in [4.69, 9.17) is 0 Å². The topological polar surface area (TPSA) is 78.4 Å². The molecule has 7 heteroatoms. The van der Waals surface area contributed by atoms with Gasteiger partial charge in [0, 0.05) is 43.3 Å². The molecule has 146 valence electrons. The third-order valence-corrected chi connectivity index (χ3v) is 5.31. The first-order valence-electron chi connectivity index (χ1n) is 9.80. The number of Topliss-reactive ketones (excluding diaryl/α,β-unsaturated/α-hetero) is 1. The molecule has 1 aliphatic carbocycles. The van der Waals surface area contributed by atoms with E-state index < -0.39 is 0 Å². The van der Waals surface area contributed by atoms with E-state index >= 15 is 0 Å². The van der Waals surface area contributed by atoms with Crippen molar-refractivity contribution in [3.05, 3.63) is 47.7 Å². The molecule has 7 nitrogen and oxygen atoms in total. The van der Waals surface area contributed by atoms with Gasteiger partial charge in [0.15, 0.2) is 11.6 Å². The largest absolute Gasteiger partial charge is 0.353 e. The summed E-state index contributed by atoms with van der Waals surface area (Å²) < 4.78 is 0. The first kappa shape index (κ1) is 18.6. The molecule has 1 saturated heterocycles. The zero-order chi connectivity index (χ0) is 19.5. The zero-order valence-corrected chi connectivity index (χ0v) is 16.1. The third kappa shape index (κ3) is 4.54. The fourth-order valence-corrected chi connectivity index (χ4v) is 3.43. The summed E-state index contributed by atoms with van der Waals surface area (Å²) in [5, 5.41) is 11.6. The predicted octanol–water partition coefficient (Wildman–Crippen LogP) is 2.32. The van der Waals surface area contributed by atoms with Crippen LogP contribution in [0.25, 0.3) is 0 Å². The Labute approximate surface area is 164 Å². The number of rotatable bonds is 6. The van der Waals surface area contributed by atoms with Crippen LogP contribution >= 0.6 is 0 Å². The number of carbonyl (C=O) groups excluding carboxylic acids is 2. The van der Waals surface area contributed by atoms with Crippen LogP contribution in [-0.4, -0.2) is 59.5 Å². The van der Waals surface area contributed by atoms with Gasteiger partial charge in [-0.05, 0) is 56.2 Å². The van der Waals surface area contributed by atoms with Crippen LogP contribution in [0, 0.1) is 0 Å². The van der Waals surface area contributed by atoms with Crippen LogP contribution in [0.3, 0.4) is 0 Å². The maximum atomic E-state index is 12.3. The van der Waals surface area contributed by atoms with E-state index in [0.29, 0.717) is 23.7 Å². The predicted molar refractivity (Wildman–Crippen MR) is 108 cm³/mol. The lowest BCUT2D eigenvalue weighted by Crippen LogP contribution is -2.49. The molecule has 2 fully saturated rings. The molecule has 2 aliphatic rings. The second-order valence-corrected chi connectivity index (χ2v) is 7.54. The Morgan fingerprint density at radius 3 is 2.29 bits per heavy atom. The lowest BCUT2D eigenvalue weighted by atomic mass is 10.1. The van der Waals surface area contributed by atoms with Crippen molar-refractivity contribution in [1.82, 2.24) is 15.1 Å². The summed E-state index contributed by atoms with van der Waals surface area (Å²) in [6, 6.07) is 11.1. The average Bonchev–Trinajstić information content (AvgIpc) is 3.54. The molecular formula is C21H25N5O2. The van der Waals surface area contributed by atoms with Gasteiger partial charge in [-0.25, -0.2) is 0 Å². The Kier molecular flexibility index (Phi) is 5.34. The molecule has 1 aromatic carbocycles. The van der Waals surface area contributed by atoms with Gasteiger partial charge in [-0.1, -0.05) is 0 Å². The average molecular weight is 379 g/mol. The molecule has 1 amide bonds. The van der Waals surface area contributed by atoms with Gasteiger partial charge >= 0.3 is 0 Å². The first-order valence-corrected chi connectivity index (χ1v) is 9.80. The quantitative estimate of drug-likeness (QED) is 0.776. The highest BCUT2D eigenvalue weighted by molar-refractivity contribution is 5.96. The number of benzene rings is 1. The number of anilines is 2. The highest BCUT2D eigenvalue weighted by Crippen LogP contribution is 2.38. The standard InChI is InChI=1S/C21H25N5O2/c1-15(27)16-4-6-18(7-5-16)22-21(28)14-25-10-12-26(13-11-25)20-9-8-19(23-24-20)17-2-3-17/h4-9,17H,2-3,10-14H2,1H3,(H,22,28). The normalized spacial score (nSPS) is 17.4. The fourth-order valence-electron chi connectivity index (χ4n) is 3.43. The van der Waals surface area contributed by atoms with Gasteiger partial charge in [0.25, 0.3) is 0 Å². The summed E-state index contributed by atoms with van der Waals surface area (Å²) >= 11 is 0. The third-order valence-electron chi connectivity index (χ3n) is 5.31. The number of hydrogen-bond donors (Lipinski definition) is 1. The number of hydrogen-bond acceptors (Lipinski definition) is 6. The van der Waals surface area contributed by atoms with E-state index in [1.807, 2.05) is 0 Å². The molecule has 28 heavy (non-hydrogen) atoms. The minimum absolute atomic E-state index is 0.0163. The van der Waals surface area contributed by atoms with Crippen molar-refractivity contribution >= 4 is 23.2 Å². The Morgan fingerprint density at radius 1 is 1.00 bits per heavy atom. The van der Waals surface area contributed by atoms with Gasteiger partial charge < -0.3 is 10.2 Å². The van der Waals surface area contributed by atoms with E-state index in [0.717, 1.165) is 37.7 Å². The Morgan fingerprint density at radius 2 is 1.71 bits per heavy atom. The van der Waals surface area contributed by atoms with Crippen LogP contribution in [0.1, 0.15) is 41.7 Å². The molecule has 0 radical (unpaired) electrons. The minimum Gasteiger partial charge on any atom is -0.353 e. The first-order chi connectivity index (χ1) is 13.6. The van der Waals surface area contributed by atoms with Crippen molar-refractivity contribution in [3.63, 3.8) is 0 Å². The molecule has 1 aromatic heterocycles. The van der Waals surface area contributed by atoms with Gasteiger partial charge in [0.2, 0.25) is 5.91 Å². The fraction of sp³-hybridized carbons (Fsp3) is 0.429. The van der Waals surface area contributed by atoms with E-state index in [1.54, 1.807) is 24.3 Å². The van der Waals surface area contributed by atoms with Crippen LogP contribution in [0.2, 0.25) is 0 Å². The molecule has 0 atom stereocenters. The minimum atomic E-state index is -0.0439. The SMILES string of the molecule is CC(=O)c1ccc(NC(=O)CN2CCN(c3ccc(C4CC4)nn3)CC2)cc1. The van der Waals surface area contributed by atoms with Crippen molar-refractivity contribution in [2.75, 3.05) is 42.9 Å². The summed E-state index contributed by atoms with van der Waals surface area (Å²) in [5.41, 5.74) is 2.46. The Bertz CT molecular complexity index is 838. The lowest BCUT2D eigenvalue weighted by Gasteiger charge is -2.34. The highest BCUT2D eigenvalue weighted by Gasteiger charge is 2.26. The van der Waals surface area contributed by atoms with Crippen molar-refractivity contribution in [1.29, 1.82) is 0 Å². The number of nitrogens with zero attached hydrogens (tertiary/aromatic N) is 4. The number of carbonyl (C=O) groups is 2. The maximum Gasteiger partial charge on any atom is 0.238 e. The summed E-state index contributed by atoms with van der Waals surface area (Å²) in [5.74, 6) is 1.51. The second-order valence-electron chi connectivity index (χ2n) is 7.54. The summed E-state index contributed by atoms with van der Waals surface area (Å²) in [7, 11) is 0. The van der Waals surface area contributed by atoms with Crippen molar-refractivity contribution < 1.29 is 9.59 Å². The van der Waals surface area contributed by atoms with Crippen LogP contribution in [0.15, 0.2) is 36.4 Å². The Hall–Kier alpha value is -2.80. The van der Waals surface area contributed by atoms with Gasteiger partial charge in [0.05, 0.1) is 12.2 Å². The molecule has 2 aromatic rings. The molecule has 1 aliphatic heterocycles. The van der Waals surface area contributed by atoms with E-state index in [2.05, 4.69) is 37.4 Å². The second kappa shape index (κ2) is 8.06. The molecule has 1 N–H and O–H groups in total. The maximum absolute atomic E-state index is 12.3. The van der Waals surface area contributed by atoms with Crippen LogP contribution < -0.4 is 10.2 Å². The number of aromatic nitrogens is 2. The summed E-state index contributed by atoms with van der Waals surface area (Å²) in [6.07, 6.45) is 2.46. The molecule has 0 unspecified atom stereocenters. The smallest absolute Gasteiger partial charge is 0.238 e. The van der Waals surface area contributed by atoms with E-state index in [9.17, 15) is 9.59 Å². The van der Waals surface area contributed by atoms with Crippen LogP contribution in [0.5, 0.6) is 0 Å². The zero-order valence-electron chi connectivity index (χ0n) is 16.1. The number of ketones is 1. The number of nitrogens with one attached hydrogen (secondary N) is 1. The summed E-state index contributed by atoms with van der Waals surface area (Å²) in [6.45, 7) is 5.16. The molecule has 1 saturated carbocycles. The van der Waals surface area contributed by atoms with E-state index in [1.165, 1.54) is 19.8 Å². The van der Waals surface area contributed by atoms with Gasteiger partial charge in [0.1, 0.15) is 0 Å². The molecular weight excluding hydrogens is 354 g/mol. The number of amides is 1. The number of piperazine rings is 1. The monoisotopic (exact) mass is 379 g/mol. The molecule has 4 rings (SSSR count). The van der Waals surface area contributed by atoms with Crippen LogP contribution in [-0.2, 0) is 4.79 Å². The molecule has 0 bridgehead atoms. The summed E-state index contributed by atoms with van der Waals surface area (Å²) in [4.78, 5) is 28.0. The highest BCUT2D eigenvalue weighted by atomic mass is 16.2. The molecule has 2 heterocycles. The van der Waals surface area contributed by atoms with Crippen molar-refractivity contribution in [2.45, 2.75) is 25.7 Å². The van der Waals surface area contributed by atoms with E-state index in [-0.39, 0.29) is 11.7 Å². The van der Waals surface area contributed by atoms with Gasteiger partial charge in [-0.2, -0.15) is 5.10 Å². The van der Waals surface area contributed by atoms with Crippen molar-refractivity contribution in [3.8, 4) is 0 Å². The van der Waals surface area contributed by atoms with Crippen molar-refractivity contribution in [2.24, 2.45) is 0 Å². The Balaban J connectivity index is 1.24. The van der Waals surface area contributed by atoms with Crippen LogP contribution in [0.4, 0.5) is 11.5 Å². The van der Waals surface area contributed by atoms with Gasteiger partial charge in [-0.15, -0.1) is 5.10 Å². The molecule has 0 spiro atoms.